The van der Waals surface area contributed by atoms with Crippen LogP contribution in [-0.4, -0.2) is 18.7 Å². The molecule has 1 fully saturated rings. The van der Waals surface area contributed by atoms with E-state index in [9.17, 15) is 9.59 Å². The van der Waals surface area contributed by atoms with Crippen LogP contribution in [0.1, 0.15) is 38.6 Å². The summed E-state index contributed by atoms with van der Waals surface area (Å²) < 4.78 is 5.31. The fourth-order valence-electron chi connectivity index (χ4n) is 3.86. The Morgan fingerprint density at radius 1 is 0.909 bits per heavy atom. The smallest absolute Gasteiger partial charge is 0.171 e. The molecule has 0 radical (unpaired) electrons. The number of hydrogen-bond donors (Lipinski definition) is 0. The third-order valence-corrected chi connectivity index (χ3v) is 5.00. The third-order valence-electron chi connectivity index (χ3n) is 5.00. The van der Waals surface area contributed by atoms with Gasteiger partial charge in [0.2, 0.25) is 0 Å². The first-order chi connectivity index (χ1) is 10.7. The minimum absolute atomic E-state index is 0.0529. The second kappa shape index (κ2) is 4.80. The summed E-state index contributed by atoms with van der Waals surface area (Å²) >= 11 is 0. The molecule has 22 heavy (non-hydrogen) atoms. The Kier molecular flexibility index (Phi) is 2.89. The van der Waals surface area contributed by atoms with Crippen molar-refractivity contribution in [3.8, 4) is 5.75 Å². The summed E-state index contributed by atoms with van der Waals surface area (Å²) in [6, 6.07) is 15.3. The lowest BCUT2D eigenvalue weighted by atomic mass is 9.54. The number of methoxy groups -OCH3 is 1. The van der Waals surface area contributed by atoms with Crippen molar-refractivity contribution in [2.45, 2.75) is 12.3 Å². The summed E-state index contributed by atoms with van der Waals surface area (Å²) in [4.78, 5) is 25.6. The van der Waals surface area contributed by atoms with Gasteiger partial charge in [0, 0.05) is 17.4 Å². The highest BCUT2D eigenvalue weighted by atomic mass is 16.5. The molecule has 2 aromatic rings. The van der Waals surface area contributed by atoms with Gasteiger partial charge in [-0.25, -0.2) is 0 Å². The zero-order chi connectivity index (χ0) is 15.3. The molecule has 0 aliphatic heterocycles. The minimum Gasteiger partial charge on any atom is -0.496 e. The van der Waals surface area contributed by atoms with Gasteiger partial charge in [0.1, 0.15) is 5.75 Å². The molecule has 0 heterocycles. The normalized spacial score (nSPS) is 26.0. The Bertz CT molecular complexity index is 764. The van der Waals surface area contributed by atoms with Crippen LogP contribution in [0.3, 0.4) is 0 Å². The number of Topliss-reactive ketones (excluding diaryl/α,β-unsaturated/α-hetero) is 2. The number of benzene rings is 2. The average Bonchev–Trinajstić information content (AvgIpc) is 2.53. The highest BCUT2D eigenvalue weighted by molar-refractivity contribution is 6.18. The maximum atomic E-state index is 13.0. The molecule has 0 spiro atoms. The number of carbonyl (C=O) groups is 2. The van der Waals surface area contributed by atoms with E-state index in [0.717, 1.165) is 12.0 Å². The fraction of sp³-hybridized carbons (Fsp3) is 0.263. The zero-order valence-electron chi connectivity index (χ0n) is 12.3. The quantitative estimate of drug-likeness (QED) is 0.851. The minimum atomic E-state index is -0.237. The summed E-state index contributed by atoms with van der Waals surface area (Å²) in [7, 11) is 1.54. The lowest BCUT2D eigenvalue weighted by Gasteiger charge is -2.46. The van der Waals surface area contributed by atoms with E-state index in [2.05, 4.69) is 0 Å². The summed E-state index contributed by atoms with van der Waals surface area (Å²) in [5.41, 5.74) is 2.14. The van der Waals surface area contributed by atoms with Gasteiger partial charge < -0.3 is 4.74 Å². The summed E-state index contributed by atoms with van der Waals surface area (Å²) in [5, 5.41) is 0. The molecule has 0 unspecified atom stereocenters. The Morgan fingerprint density at radius 3 is 2.41 bits per heavy atom. The van der Waals surface area contributed by atoms with Crippen molar-refractivity contribution >= 4 is 11.6 Å². The molecule has 0 bridgehead atoms. The number of ketones is 2. The molecule has 3 heteroatoms. The Morgan fingerprint density at radius 2 is 1.68 bits per heavy atom. The van der Waals surface area contributed by atoms with Crippen LogP contribution in [0.4, 0.5) is 0 Å². The van der Waals surface area contributed by atoms with E-state index in [1.165, 1.54) is 7.11 Å². The SMILES string of the molecule is COc1cccc2c1C(=O)[C@H]1[C@H](C[C@@H]1c1ccccc1)C2=O. The van der Waals surface area contributed by atoms with E-state index in [1.54, 1.807) is 18.2 Å². The first-order valence-electron chi connectivity index (χ1n) is 7.52. The Hall–Kier alpha value is -2.42. The summed E-state index contributed by atoms with van der Waals surface area (Å²) in [5.74, 6) is 0.382. The Labute approximate surface area is 128 Å². The maximum Gasteiger partial charge on any atom is 0.171 e. The largest absolute Gasteiger partial charge is 0.496 e. The van der Waals surface area contributed by atoms with Gasteiger partial charge in [-0.2, -0.15) is 0 Å². The molecule has 0 N–H and O–H groups in total. The number of fused-ring (bicyclic) bond motifs is 2. The predicted octanol–water partition coefficient (Wildman–Crippen LogP) is 3.49. The van der Waals surface area contributed by atoms with E-state index < -0.39 is 0 Å². The van der Waals surface area contributed by atoms with Crippen molar-refractivity contribution in [2.24, 2.45) is 11.8 Å². The molecule has 3 nitrogen and oxygen atoms in total. The number of hydrogen-bond acceptors (Lipinski definition) is 3. The van der Waals surface area contributed by atoms with Gasteiger partial charge in [-0.3, -0.25) is 9.59 Å². The molecular formula is C19H16O3. The van der Waals surface area contributed by atoms with Crippen LogP contribution in [0.5, 0.6) is 5.75 Å². The lowest BCUT2D eigenvalue weighted by molar-refractivity contribution is 0.0511. The molecule has 3 atom stereocenters. The molecular weight excluding hydrogens is 276 g/mol. The molecule has 0 amide bonds. The van der Waals surface area contributed by atoms with Crippen molar-refractivity contribution in [1.82, 2.24) is 0 Å². The van der Waals surface area contributed by atoms with Crippen LogP contribution in [-0.2, 0) is 0 Å². The van der Waals surface area contributed by atoms with Crippen molar-refractivity contribution in [3.05, 3.63) is 65.2 Å². The first-order valence-corrected chi connectivity index (χ1v) is 7.52. The molecule has 0 aromatic heterocycles. The van der Waals surface area contributed by atoms with Crippen LogP contribution in [0, 0.1) is 11.8 Å². The fourth-order valence-corrected chi connectivity index (χ4v) is 3.86. The summed E-state index contributed by atoms with van der Waals surface area (Å²) in [6.07, 6.45) is 0.760. The Balaban J connectivity index is 1.79. The summed E-state index contributed by atoms with van der Waals surface area (Å²) in [6.45, 7) is 0. The van der Waals surface area contributed by atoms with Gasteiger partial charge in [0.25, 0.3) is 0 Å². The topological polar surface area (TPSA) is 43.4 Å². The van der Waals surface area contributed by atoms with Crippen LogP contribution in [0.15, 0.2) is 48.5 Å². The van der Waals surface area contributed by atoms with Gasteiger partial charge in [0.05, 0.1) is 12.7 Å². The first kappa shape index (κ1) is 13.3. The third kappa shape index (κ3) is 1.68. The number of carbonyl (C=O) groups excluding carboxylic acids is 2. The van der Waals surface area contributed by atoms with Gasteiger partial charge in [0.15, 0.2) is 11.6 Å². The number of rotatable bonds is 2. The molecule has 2 aromatic carbocycles. The van der Waals surface area contributed by atoms with Crippen molar-refractivity contribution in [3.63, 3.8) is 0 Å². The molecule has 1 saturated carbocycles. The van der Waals surface area contributed by atoms with Gasteiger partial charge >= 0.3 is 0 Å². The molecule has 0 saturated heterocycles. The predicted molar refractivity (Wildman–Crippen MR) is 82.4 cm³/mol. The highest BCUT2D eigenvalue weighted by Crippen LogP contribution is 2.53. The van der Waals surface area contributed by atoms with Crippen LogP contribution < -0.4 is 4.74 Å². The highest BCUT2D eigenvalue weighted by Gasteiger charge is 2.54. The lowest BCUT2D eigenvalue weighted by Crippen LogP contribution is -2.48. The van der Waals surface area contributed by atoms with Crippen molar-refractivity contribution < 1.29 is 14.3 Å². The van der Waals surface area contributed by atoms with Crippen molar-refractivity contribution in [1.29, 1.82) is 0 Å². The molecule has 2 aliphatic rings. The van der Waals surface area contributed by atoms with E-state index in [-0.39, 0.29) is 29.3 Å². The van der Waals surface area contributed by atoms with E-state index in [1.807, 2.05) is 30.3 Å². The van der Waals surface area contributed by atoms with Gasteiger partial charge in [-0.15, -0.1) is 0 Å². The average molecular weight is 292 g/mol. The van der Waals surface area contributed by atoms with E-state index in [0.29, 0.717) is 16.9 Å². The molecule has 4 rings (SSSR count). The van der Waals surface area contributed by atoms with Crippen LogP contribution in [0.2, 0.25) is 0 Å². The van der Waals surface area contributed by atoms with Gasteiger partial charge in [-0.1, -0.05) is 42.5 Å². The monoisotopic (exact) mass is 292 g/mol. The van der Waals surface area contributed by atoms with Crippen LogP contribution >= 0.6 is 0 Å². The number of ether oxygens (including phenoxy) is 1. The van der Waals surface area contributed by atoms with Gasteiger partial charge in [-0.05, 0) is 24.0 Å². The van der Waals surface area contributed by atoms with Crippen LogP contribution in [0.25, 0.3) is 0 Å². The van der Waals surface area contributed by atoms with E-state index in [4.69, 9.17) is 4.74 Å². The maximum absolute atomic E-state index is 13.0. The van der Waals surface area contributed by atoms with E-state index >= 15 is 0 Å². The molecule has 2 aliphatic carbocycles. The zero-order valence-corrected chi connectivity index (χ0v) is 12.3. The molecule has 110 valence electrons. The second-order valence-corrected chi connectivity index (χ2v) is 6.00. The standard InChI is InChI=1S/C19H16O3/c1-22-15-9-5-8-12-17(15)19(21)16-13(10-14(16)18(12)20)11-6-3-2-4-7-11/h2-9,13-14,16H,10H2,1H3/t13-,14+,16-/m1/s1. The van der Waals surface area contributed by atoms with Crippen molar-refractivity contribution in [2.75, 3.05) is 7.11 Å². The second-order valence-electron chi connectivity index (χ2n) is 6.00.